The smallest absolute Gasteiger partial charge is 0.240 e. The largest absolute Gasteiger partial charge is 0.496 e. The van der Waals surface area contributed by atoms with Crippen molar-refractivity contribution in [3.05, 3.63) is 53.1 Å². The third-order valence-corrected chi connectivity index (χ3v) is 6.39. The minimum Gasteiger partial charge on any atom is -0.496 e. The molecule has 0 aliphatic heterocycles. The van der Waals surface area contributed by atoms with E-state index in [0.29, 0.717) is 11.3 Å². The van der Waals surface area contributed by atoms with Gasteiger partial charge in [0.25, 0.3) is 0 Å². The molecule has 0 spiro atoms. The molecule has 2 aromatic rings. The second-order valence-corrected chi connectivity index (χ2v) is 10.2. The molecular weight excluding hydrogens is 386 g/mol. The first-order chi connectivity index (χ1) is 13.5. The van der Waals surface area contributed by atoms with Gasteiger partial charge in [-0.05, 0) is 53.1 Å². The normalized spacial score (nSPS) is 12.3. The van der Waals surface area contributed by atoms with Gasteiger partial charge in [-0.1, -0.05) is 52.8 Å². The molecule has 0 unspecified atom stereocenters. The summed E-state index contributed by atoms with van der Waals surface area (Å²) in [4.78, 5) is 0.275. The first-order valence-corrected chi connectivity index (χ1v) is 11.4. The number of para-hydroxylation sites is 1. The molecule has 0 saturated heterocycles. The summed E-state index contributed by atoms with van der Waals surface area (Å²) in [6, 6.07) is 11.3. The number of benzene rings is 2. The van der Waals surface area contributed by atoms with Gasteiger partial charge in [0.1, 0.15) is 18.1 Å². The van der Waals surface area contributed by atoms with Crippen LogP contribution < -0.4 is 14.2 Å². The van der Waals surface area contributed by atoms with Crippen LogP contribution in [0.4, 0.5) is 0 Å². The number of sulfonamides is 1. The molecule has 29 heavy (non-hydrogen) atoms. The van der Waals surface area contributed by atoms with E-state index in [4.69, 9.17) is 9.47 Å². The fourth-order valence-electron chi connectivity index (χ4n) is 3.22. The van der Waals surface area contributed by atoms with Crippen molar-refractivity contribution < 1.29 is 17.9 Å². The number of methoxy groups -OCH3 is 1. The zero-order valence-electron chi connectivity index (χ0n) is 18.5. The summed E-state index contributed by atoms with van der Waals surface area (Å²) in [6.07, 6.45) is 0. The second kappa shape index (κ2) is 9.18. The molecule has 6 heteroatoms. The Morgan fingerprint density at radius 3 is 2.31 bits per heavy atom. The van der Waals surface area contributed by atoms with Crippen LogP contribution in [0.25, 0.3) is 0 Å². The van der Waals surface area contributed by atoms with E-state index in [2.05, 4.69) is 25.5 Å². The Hall–Kier alpha value is -2.05. The Kier molecular flexibility index (Phi) is 7.35. The van der Waals surface area contributed by atoms with Crippen LogP contribution in [-0.4, -0.2) is 28.7 Å². The first-order valence-electron chi connectivity index (χ1n) is 9.88. The Morgan fingerprint density at radius 2 is 1.72 bits per heavy atom. The van der Waals surface area contributed by atoms with Crippen molar-refractivity contribution in [1.82, 2.24) is 4.72 Å². The lowest BCUT2D eigenvalue weighted by molar-refractivity contribution is 0.314. The molecule has 0 aromatic heterocycles. The van der Waals surface area contributed by atoms with Crippen LogP contribution in [0.3, 0.4) is 0 Å². The maximum absolute atomic E-state index is 12.9. The summed E-state index contributed by atoms with van der Waals surface area (Å²) in [5, 5.41) is 0. The molecule has 1 N–H and O–H groups in total. The second-order valence-electron chi connectivity index (χ2n) is 8.51. The highest BCUT2D eigenvalue weighted by Gasteiger charge is 2.21. The predicted octanol–water partition coefficient (Wildman–Crippen LogP) is 4.78. The van der Waals surface area contributed by atoms with E-state index in [0.717, 1.165) is 16.9 Å². The van der Waals surface area contributed by atoms with E-state index < -0.39 is 10.0 Å². The van der Waals surface area contributed by atoms with Crippen molar-refractivity contribution in [2.75, 3.05) is 20.3 Å². The first kappa shape index (κ1) is 23.2. The van der Waals surface area contributed by atoms with Gasteiger partial charge in [-0.2, -0.15) is 0 Å². The van der Waals surface area contributed by atoms with Gasteiger partial charge in [0.15, 0.2) is 0 Å². The third kappa shape index (κ3) is 5.73. The van der Waals surface area contributed by atoms with Gasteiger partial charge in [0.05, 0.1) is 12.0 Å². The van der Waals surface area contributed by atoms with Crippen molar-refractivity contribution in [2.45, 2.75) is 57.8 Å². The molecule has 0 amide bonds. The summed E-state index contributed by atoms with van der Waals surface area (Å²) in [5.74, 6) is 1.64. The molecule has 2 rings (SSSR count). The maximum atomic E-state index is 12.9. The van der Waals surface area contributed by atoms with E-state index in [9.17, 15) is 8.42 Å². The molecule has 5 nitrogen and oxygen atoms in total. The average molecular weight is 420 g/mol. The van der Waals surface area contributed by atoms with E-state index in [1.807, 2.05) is 38.1 Å². The molecule has 0 atom stereocenters. The minimum absolute atomic E-state index is 0.0520. The summed E-state index contributed by atoms with van der Waals surface area (Å²) in [6.45, 7) is 12.6. The number of ether oxygens (including phenoxy) is 2. The van der Waals surface area contributed by atoms with Crippen molar-refractivity contribution >= 4 is 10.0 Å². The lowest BCUT2D eigenvalue weighted by atomic mass is 9.86. The van der Waals surface area contributed by atoms with Crippen LogP contribution >= 0.6 is 0 Å². The molecule has 0 aliphatic rings. The standard InChI is InChI=1S/C23H33NO4S/c1-16(2)18-15-22(17(3)14-21(18)27-7)29(25,26)24-12-13-28-20-11-9-8-10-19(20)23(4,5)6/h8-11,14-16,24H,12-13H2,1-7H3. The Morgan fingerprint density at radius 1 is 1.07 bits per heavy atom. The Balaban J connectivity index is 2.11. The van der Waals surface area contributed by atoms with E-state index in [1.54, 1.807) is 26.2 Å². The quantitative estimate of drug-likeness (QED) is 0.625. The third-order valence-electron chi connectivity index (χ3n) is 4.79. The monoisotopic (exact) mass is 419 g/mol. The summed E-state index contributed by atoms with van der Waals surface area (Å²) in [7, 11) is -2.05. The fourth-order valence-corrected chi connectivity index (χ4v) is 4.49. The Labute approximate surface area is 175 Å². The van der Waals surface area contributed by atoms with Gasteiger partial charge in [-0.15, -0.1) is 0 Å². The molecule has 0 bridgehead atoms. The van der Waals surface area contributed by atoms with Gasteiger partial charge in [-0.3, -0.25) is 0 Å². The predicted molar refractivity (Wildman–Crippen MR) is 118 cm³/mol. The SMILES string of the molecule is COc1cc(C)c(S(=O)(=O)NCCOc2ccccc2C(C)(C)C)cc1C(C)C. The van der Waals surface area contributed by atoms with Crippen molar-refractivity contribution in [3.8, 4) is 11.5 Å². The average Bonchev–Trinajstić information content (AvgIpc) is 2.64. The number of hydrogen-bond acceptors (Lipinski definition) is 4. The van der Waals surface area contributed by atoms with Gasteiger partial charge < -0.3 is 9.47 Å². The van der Waals surface area contributed by atoms with Crippen molar-refractivity contribution in [1.29, 1.82) is 0 Å². The van der Waals surface area contributed by atoms with Gasteiger partial charge in [0.2, 0.25) is 10.0 Å². The molecule has 0 heterocycles. The number of hydrogen-bond donors (Lipinski definition) is 1. The van der Waals surface area contributed by atoms with Crippen LogP contribution in [0, 0.1) is 6.92 Å². The van der Waals surface area contributed by atoms with Crippen LogP contribution in [0.1, 0.15) is 57.2 Å². The topological polar surface area (TPSA) is 64.6 Å². The minimum atomic E-state index is -3.65. The number of rotatable bonds is 8. The van der Waals surface area contributed by atoms with Crippen LogP contribution in [-0.2, 0) is 15.4 Å². The molecule has 2 aromatic carbocycles. The van der Waals surface area contributed by atoms with E-state index in [-0.39, 0.29) is 29.4 Å². The van der Waals surface area contributed by atoms with E-state index >= 15 is 0 Å². The molecule has 160 valence electrons. The van der Waals surface area contributed by atoms with Crippen LogP contribution in [0.5, 0.6) is 11.5 Å². The van der Waals surface area contributed by atoms with Crippen molar-refractivity contribution in [3.63, 3.8) is 0 Å². The van der Waals surface area contributed by atoms with Crippen molar-refractivity contribution in [2.24, 2.45) is 0 Å². The lowest BCUT2D eigenvalue weighted by Gasteiger charge is -2.22. The molecule has 0 radical (unpaired) electrons. The highest BCUT2D eigenvalue weighted by Crippen LogP contribution is 2.32. The fraction of sp³-hybridized carbons (Fsp3) is 0.478. The molecule has 0 saturated carbocycles. The van der Waals surface area contributed by atoms with Gasteiger partial charge in [0, 0.05) is 6.54 Å². The summed E-state index contributed by atoms with van der Waals surface area (Å²) in [5.41, 5.74) is 2.56. The highest BCUT2D eigenvalue weighted by molar-refractivity contribution is 7.89. The molecule has 0 aliphatic carbocycles. The lowest BCUT2D eigenvalue weighted by Crippen LogP contribution is -2.29. The maximum Gasteiger partial charge on any atom is 0.240 e. The number of aryl methyl sites for hydroxylation is 1. The van der Waals surface area contributed by atoms with Gasteiger partial charge >= 0.3 is 0 Å². The Bertz CT molecular complexity index is 944. The van der Waals surface area contributed by atoms with Crippen LogP contribution in [0.2, 0.25) is 0 Å². The highest BCUT2D eigenvalue weighted by atomic mass is 32.2. The summed E-state index contributed by atoms with van der Waals surface area (Å²) < 4.78 is 39.7. The van der Waals surface area contributed by atoms with E-state index in [1.165, 1.54) is 0 Å². The zero-order valence-corrected chi connectivity index (χ0v) is 19.3. The zero-order chi connectivity index (χ0) is 21.8. The summed E-state index contributed by atoms with van der Waals surface area (Å²) >= 11 is 0. The number of nitrogens with one attached hydrogen (secondary N) is 1. The van der Waals surface area contributed by atoms with Crippen LogP contribution in [0.15, 0.2) is 41.3 Å². The molecular formula is C23H33NO4S. The molecule has 0 fully saturated rings. The van der Waals surface area contributed by atoms with Gasteiger partial charge in [-0.25, -0.2) is 13.1 Å².